The molecular weight excluding hydrogens is 485 g/mol. The van der Waals surface area contributed by atoms with Crippen LogP contribution in [-0.4, -0.2) is 53.1 Å². The molecule has 5 atom stereocenters. The Morgan fingerprint density at radius 1 is 1.23 bits per heavy atom. The lowest BCUT2D eigenvalue weighted by Gasteiger charge is -2.25. The van der Waals surface area contributed by atoms with Crippen molar-refractivity contribution >= 4 is 14.0 Å². The fourth-order valence-corrected chi connectivity index (χ4v) is 4.43. The first-order valence-corrected chi connectivity index (χ1v) is 12.3. The zero-order chi connectivity index (χ0) is 25.4. The Morgan fingerprint density at radius 3 is 2.63 bits per heavy atom. The number of nitrogens with two attached hydrogens (primary N) is 1. The highest BCUT2D eigenvalue weighted by atomic mass is 31.2. The molecule has 2 unspecified atom stereocenters. The molecule has 0 saturated carbocycles. The standard InChI is InChI=1S/C21H28N3O10P/c1-30-35(28,29)34-18-15(8-5-10-22)19(24-11-9-17(25)23-20(24)26)33-16(18)13-32-21(27)31-12-14-6-3-2-4-7-14/h2-4,6-7,9,11,15-16,18-19H,5,8,10,12-13,22H2,1H3,(H,28,29)(H,23,25,26)/t15?,16-,18-,19-/m1/s1. The van der Waals surface area contributed by atoms with E-state index >= 15 is 0 Å². The van der Waals surface area contributed by atoms with Crippen molar-refractivity contribution < 1.29 is 37.5 Å². The molecule has 1 aromatic heterocycles. The van der Waals surface area contributed by atoms with E-state index in [0.717, 1.165) is 23.3 Å². The summed E-state index contributed by atoms with van der Waals surface area (Å²) in [7, 11) is -3.49. The number of nitrogens with one attached hydrogen (secondary N) is 1. The van der Waals surface area contributed by atoms with Crippen molar-refractivity contribution in [1.29, 1.82) is 0 Å². The molecule has 0 aliphatic carbocycles. The summed E-state index contributed by atoms with van der Waals surface area (Å²) >= 11 is 0. The van der Waals surface area contributed by atoms with Gasteiger partial charge in [0.2, 0.25) is 0 Å². The number of nitrogens with zero attached hydrogens (tertiary/aromatic N) is 1. The fourth-order valence-electron chi connectivity index (χ4n) is 3.74. The summed E-state index contributed by atoms with van der Waals surface area (Å²) in [4.78, 5) is 48.1. The molecule has 1 aliphatic rings. The van der Waals surface area contributed by atoms with Crippen LogP contribution in [0.4, 0.5) is 4.79 Å². The summed E-state index contributed by atoms with van der Waals surface area (Å²) in [5, 5.41) is 0. The van der Waals surface area contributed by atoms with Crippen LogP contribution >= 0.6 is 7.82 Å². The molecule has 4 N–H and O–H groups in total. The van der Waals surface area contributed by atoms with Crippen molar-refractivity contribution in [3.8, 4) is 0 Å². The highest BCUT2D eigenvalue weighted by Crippen LogP contribution is 2.50. The smallest absolute Gasteiger partial charge is 0.431 e. The zero-order valence-electron chi connectivity index (χ0n) is 19.0. The highest BCUT2D eigenvalue weighted by Gasteiger charge is 2.49. The normalized spacial score (nSPS) is 23.5. The molecule has 0 radical (unpaired) electrons. The highest BCUT2D eigenvalue weighted by molar-refractivity contribution is 7.47. The van der Waals surface area contributed by atoms with Crippen LogP contribution in [0.2, 0.25) is 0 Å². The molecule has 35 heavy (non-hydrogen) atoms. The lowest BCUT2D eigenvalue weighted by atomic mass is 9.94. The average Bonchev–Trinajstić information content (AvgIpc) is 3.16. The second kappa shape index (κ2) is 12.2. The molecule has 14 heteroatoms. The van der Waals surface area contributed by atoms with Crippen LogP contribution in [-0.2, 0) is 34.4 Å². The van der Waals surface area contributed by atoms with Crippen LogP contribution < -0.4 is 17.0 Å². The molecule has 3 rings (SSSR count). The number of rotatable bonds is 11. The topological polar surface area (TPSA) is 181 Å². The molecule has 2 aromatic rings. The molecule has 1 saturated heterocycles. The van der Waals surface area contributed by atoms with Gasteiger partial charge in [0, 0.05) is 25.3 Å². The summed E-state index contributed by atoms with van der Waals surface area (Å²) in [5.74, 6) is -0.674. The first-order chi connectivity index (χ1) is 16.7. The Labute approximate surface area is 200 Å². The van der Waals surface area contributed by atoms with Crippen molar-refractivity contribution in [3.63, 3.8) is 0 Å². The maximum absolute atomic E-state index is 12.4. The van der Waals surface area contributed by atoms with Gasteiger partial charge in [0.15, 0.2) is 0 Å². The Bertz CT molecular complexity index is 1140. The van der Waals surface area contributed by atoms with Crippen LogP contribution in [0.3, 0.4) is 0 Å². The van der Waals surface area contributed by atoms with E-state index in [-0.39, 0.29) is 6.61 Å². The minimum atomic E-state index is -4.50. The second-order valence-electron chi connectivity index (χ2n) is 7.73. The number of H-pyrrole nitrogens is 1. The lowest BCUT2D eigenvalue weighted by Crippen LogP contribution is -2.36. The van der Waals surface area contributed by atoms with Crippen LogP contribution in [0.5, 0.6) is 0 Å². The predicted octanol–water partition coefficient (Wildman–Crippen LogP) is 1.27. The quantitative estimate of drug-likeness (QED) is 0.291. The summed E-state index contributed by atoms with van der Waals surface area (Å²) in [6, 6.07) is 10.1. The number of benzene rings is 1. The Hall–Kier alpha value is -2.80. The van der Waals surface area contributed by atoms with E-state index in [1.54, 1.807) is 24.3 Å². The third-order valence-corrected chi connectivity index (χ3v) is 6.36. The van der Waals surface area contributed by atoms with Gasteiger partial charge in [-0.25, -0.2) is 14.2 Å². The molecule has 0 amide bonds. The summed E-state index contributed by atoms with van der Waals surface area (Å²) < 4.78 is 39.5. The van der Waals surface area contributed by atoms with E-state index in [1.807, 2.05) is 6.07 Å². The molecule has 0 bridgehead atoms. The van der Waals surface area contributed by atoms with Gasteiger partial charge in [-0.15, -0.1) is 0 Å². The second-order valence-corrected chi connectivity index (χ2v) is 9.25. The number of aromatic amines is 1. The fraction of sp³-hybridized carbons (Fsp3) is 0.476. The van der Waals surface area contributed by atoms with Gasteiger partial charge < -0.3 is 24.8 Å². The monoisotopic (exact) mass is 513 g/mol. The number of phosphoric acid groups is 1. The summed E-state index contributed by atoms with van der Waals surface area (Å²) in [6.45, 7) is -0.130. The molecule has 1 fully saturated rings. The Morgan fingerprint density at radius 2 is 1.97 bits per heavy atom. The molecule has 0 spiro atoms. The van der Waals surface area contributed by atoms with E-state index in [0.29, 0.717) is 19.4 Å². The van der Waals surface area contributed by atoms with E-state index in [2.05, 4.69) is 9.51 Å². The first-order valence-electron chi connectivity index (χ1n) is 10.8. The van der Waals surface area contributed by atoms with Gasteiger partial charge in [0.05, 0.1) is 0 Å². The number of phosphoric ester groups is 1. The van der Waals surface area contributed by atoms with Crippen molar-refractivity contribution in [1.82, 2.24) is 9.55 Å². The van der Waals surface area contributed by atoms with Gasteiger partial charge >= 0.3 is 19.7 Å². The largest absolute Gasteiger partial charge is 0.508 e. The third kappa shape index (κ3) is 7.34. The first kappa shape index (κ1) is 26.8. The lowest BCUT2D eigenvalue weighted by molar-refractivity contribution is -0.0607. The minimum absolute atomic E-state index is 0.0187. The maximum atomic E-state index is 12.4. The molecule has 192 valence electrons. The number of carbonyl (C=O) groups is 1. The van der Waals surface area contributed by atoms with Gasteiger partial charge in [-0.2, -0.15) is 0 Å². The van der Waals surface area contributed by atoms with Crippen molar-refractivity contribution in [2.45, 2.75) is 37.9 Å². The SMILES string of the molecule is COP(=O)(O)O[C@@H]1C(CCCN)[C@H](n2ccc(=O)[nH]c2=O)O[C@@H]1COC(=O)OCc1ccccc1. The van der Waals surface area contributed by atoms with Gasteiger partial charge in [-0.3, -0.25) is 23.4 Å². The van der Waals surface area contributed by atoms with Crippen LogP contribution in [0.25, 0.3) is 0 Å². The third-order valence-electron chi connectivity index (χ3n) is 5.39. The summed E-state index contributed by atoms with van der Waals surface area (Å²) in [5.41, 5.74) is 5.05. The van der Waals surface area contributed by atoms with E-state index < -0.39 is 56.2 Å². The number of ether oxygens (including phenoxy) is 3. The van der Waals surface area contributed by atoms with Gasteiger partial charge in [0.25, 0.3) is 5.56 Å². The van der Waals surface area contributed by atoms with Gasteiger partial charge in [-0.05, 0) is 24.9 Å². The predicted molar refractivity (Wildman–Crippen MR) is 121 cm³/mol. The minimum Gasteiger partial charge on any atom is -0.431 e. The van der Waals surface area contributed by atoms with Crippen LogP contribution in [0.15, 0.2) is 52.2 Å². The van der Waals surface area contributed by atoms with Gasteiger partial charge in [-0.1, -0.05) is 30.3 Å². The molecular formula is C21H28N3O10P. The molecule has 13 nitrogen and oxygen atoms in total. The van der Waals surface area contributed by atoms with E-state index in [4.69, 9.17) is 24.5 Å². The maximum Gasteiger partial charge on any atom is 0.508 e. The summed E-state index contributed by atoms with van der Waals surface area (Å²) in [6.07, 6.45) is -2.15. The van der Waals surface area contributed by atoms with Gasteiger partial charge in [0.1, 0.15) is 31.6 Å². The molecule has 1 aliphatic heterocycles. The number of hydrogen-bond acceptors (Lipinski definition) is 10. The van der Waals surface area contributed by atoms with Crippen molar-refractivity contribution in [3.05, 3.63) is 69.0 Å². The molecule has 1 aromatic carbocycles. The van der Waals surface area contributed by atoms with Crippen LogP contribution in [0, 0.1) is 5.92 Å². The Balaban J connectivity index is 1.79. The van der Waals surface area contributed by atoms with Crippen molar-refractivity contribution in [2.24, 2.45) is 11.7 Å². The van der Waals surface area contributed by atoms with Crippen LogP contribution in [0.1, 0.15) is 24.6 Å². The molecule has 2 heterocycles. The van der Waals surface area contributed by atoms with Crippen molar-refractivity contribution in [2.75, 3.05) is 20.3 Å². The van der Waals surface area contributed by atoms with E-state index in [9.17, 15) is 23.8 Å². The zero-order valence-corrected chi connectivity index (χ0v) is 19.9. The average molecular weight is 513 g/mol. The Kier molecular flexibility index (Phi) is 9.38. The van der Waals surface area contributed by atoms with E-state index in [1.165, 1.54) is 6.20 Å². The number of aromatic nitrogens is 2. The number of hydrogen-bond donors (Lipinski definition) is 3. The number of carbonyl (C=O) groups excluding carboxylic acids is 1.